The van der Waals surface area contributed by atoms with E-state index in [1.54, 1.807) is 11.8 Å². The number of benzene rings is 1. The largest absolute Gasteiger partial charge is 0.494 e. The second-order valence-electron chi connectivity index (χ2n) is 4.88. The predicted octanol–water partition coefficient (Wildman–Crippen LogP) is 2.02. The molecule has 8 heteroatoms. The molecular weight excluding hydrogens is 329 g/mol. The summed E-state index contributed by atoms with van der Waals surface area (Å²) >= 11 is 1.74. The van der Waals surface area contributed by atoms with Gasteiger partial charge in [0.2, 0.25) is 10.0 Å². The number of hydrogen-bond acceptors (Lipinski definition) is 5. The van der Waals surface area contributed by atoms with E-state index in [4.69, 9.17) is 9.47 Å². The molecule has 0 bridgehead atoms. The van der Waals surface area contributed by atoms with Gasteiger partial charge in [-0.05, 0) is 31.0 Å². The lowest BCUT2D eigenvalue weighted by Crippen LogP contribution is -2.27. The van der Waals surface area contributed by atoms with Crippen molar-refractivity contribution in [1.82, 2.24) is 4.72 Å². The highest BCUT2D eigenvalue weighted by Gasteiger charge is 2.17. The molecule has 2 rings (SSSR count). The van der Waals surface area contributed by atoms with E-state index in [1.165, 1.54) is 19.2 Å². The minimum Gasteiger partial charge on any atom is -0.494 e. The van der Waals surface area contributed by atoms with Crippen LogP contribution in [0.5, 0.6) is 5.75 Å². The van der Waals surface area contributed by atoms with Gasteiger partial charge < -0.3 is 9.47 Å². The molecular formula is C14H20FNO4S2. The van der Waals surface area contributed by atoms with E-state index < -0.39 is 15.8 Å². The lowest BCUT2D eigenvalue weighted by Gasteiger charge is -2.21. The Bertz CT molecular complexity index is 589. The SMILES string of the molecule is COc1ccc(S(=O)(=O)NCCSC2CCOCC2)cc1F. The van der Waals surface area contributed by atoms with E-state index in [9.17, 15) is 12.8 Å². The molecule has 0 atom stereocenters. The van der Waals surface area contributed by atoms with Crippen LogP contribution in [0.25, 0.3) is 0 Å². The number of hydrogen-bond donors (Lipinski definition) is 1. The molecule has 1 aliphatic heterocycles. The van der Waals surface area contributed by atoms with E-state index in [1.807, 2.05) is 0 Å². The topological polar surface area (TPSA) is 64.6 Å². The number of ether oxygens (including phenoxy) is 2. The smallest absolute Gasteiger partial charge is 0.240 e. The second-order valence-corrected chi connectivity index (χ2v) is 8.05. The Kier molecular flexibility index (Phi) is 6.49. The lowest BCUT2D eigenvalue weighted by atomic mass is 10.2. The summed E-state index contributed by atoms with van der Waals surface area (Å²) in [5.41, 5.74) is 0. The van der Waals surface area contributed by atoms with E-state index in [-0.39, 0.29) is 10.6 Å². The van der Waals surface area contributed by atoms with Crippen molar-refractivity contribution in [2.75, 3.05) is 32.6 Å². The number of sulfonamides is 1. The van der Waals surface area contributed by atoms with Crippen LogP contribution in [0.2, 0.25) is 0 Å². The number of rotatable bonds is 7. The second kappa shape index (κ2) is 8.14. The Labute approximate surface area is 134 Å². The summed E-state index contributed by atoms with van der Waals surface area (Å²) in [5, 5.41) is 0.525. The Morgan fingerprint density at radius 1 is 1.41 bits per heavy atom. The Morgan fingerprint density at radius 2 is 2.14 bits per heavy atom. The van der Waals surface area contributed by atoms with Crippen molar-refractivity contribution in [2.24, 2.45) is 0 Å². The van der Waals surface area contributed by atoms with Crippen molar-refractivity contribution >= 4 is 21.8 Å². The van der Waals surface area contributed by atoms with Crippen LogP contribution in [0.4, 0.5) is 4.39 Å². The molecule has 1 heterocycles. The first kappa shape index (κ1) is 17.5. The summed E-state index contributed by atoms with van der Waals surface area (Å²) in [7, 11) is -2.36. The molecule has 0 spiro atoms. The number of nitrogens with one attached hydrogen (secondary N) is 1. The van der Waals surface area contributed by atoms with Gasteiger partial charge in [-0.15, -0.1) is 0 Å². The van der Waals surface area contributed by atoms with Crippen LogP contribution in [0, 0.1) is 5.82 Å². The molecule has 1 saturated heterocycles. The molecule has 22 heavy (non-hydrogen) atoms. The highest BCUT2D eigenvalue weighted by Crippen LogP contribution is 2.22. The molecule has 0 radical (unpaired) electrons. The number of thioether (sulfide) groups is 1. The van der Waals surface area contributed by atoms with Crippen LogP contribution >= 0.6 is 11.8 Å². The van der Waals surface area contributed by atoms with Gasteiger partial charge >= 0.3 is 0 Å². The third kappa shape index (κ3) is 4.84. The molecule has 1 aliphatic rings. The van der Waals surface area contributed by atoms with Gasteiger partial charge in [0.05, 0.1) is 12.0 Å². The fraction of sp³-hybridized carbons (Fsp3) is 0.571. The van der Waals surface area contributed by atoms with Crippen LogP contribution in [0.3, 0.4) is 0 Å². The average molecular weight is 349 g/mol. The van der Waals surface area contributed by atoms with Crippen molar-refractivity contribution in [3.63, 3.8) is 0 Å². The number of halogens is 1. The summed E-state index contributed by atoms with van der Waals surface area (Å²) in [6.45, 7) is 1.86. The van der Waals surface area contributed by atoms with Crippen molar-refractivity contribution in [2.45, 2.75) is 23.0 Å². The van der Waals surface area contributed by atoms with Crippen LogP contribution in [0.1, 0.15) is 12.8 Å². The van der Waals surface area contributed by atoms with E-state index in [2.05, 4.69) is 4.72 Å². The zero-order chi connectivity index (χ0) is 16.0. The molecule has 0 aromatic heterocycles. The first-order chi connectivity index (χ1) is 10.5. The monoisotopic (exact) mass is 349 g/mol. The fourth-order valence-corrected chi connectivity index (χ4v) is 4.39. The van der Waals surface area contributed by atoms with Crippen molar-refractivity contribution in [3.8, 4) is 5.75 Å². The summed E-state index contributed by atoms with van der Waals surface area (Å²) < 4.78 is 50.3. The summed E-state index contributed by atoms with van der Waals surface area (Å²) in [6.07, 6.45) is 2.00. The summed E-state index contributed by atoms with van der Waals surface area (Å²) in [5.74, 6) is 0.0127. The van der Waals surface area contributed by atoms with Gasteiger partial charge in [0, 0.05) is 30.8 Å². The molecule has 1 aromatic carbocycles. The minimum atomic E-state index is -3.69. The molecule has 0 amide bonds. The third-order valence-electron chi connectivity index (χ3n) is 3.35. The summed E-state index contributed by atoms with van der Waals surface area (Å²) in [4.78, 5) is -0.0955. The molecule has 124 valence electrons. The van der Waals surface area contributed by atoms with E-state index in [0.29, 0.717) is 17.5 Å². The molecule has 0 saturated carbocycles. The zero-order valence-electron chi connectivity index (χ0n) is 12.4. The Balaban J connectivity index is 1.84. The average Bonchev–Trinajstić information content (AvgIpc) is 2.52. The zero-order valence-corrected chi connectivity index (χ0v) is 14.0. The van der Waals surface area contributed by atoms with Crippen molar-refractivity contribution < 1.29 is 22.3 Å². The number of methoxy groups -OCH3 is 1. The summed E-state index contributed by atoms with van der Waals surface area (Å²) in [6, 6.07) is 3.60. The third-order valence-corrected chi connectivity index (χ3v) is 6.19. The molecule has 1 fully saturated rings. The van der Waals surface area contributed by atoms with Crippen LogP contribution in [0.15, 0.2) is 23.1 Å². The maximum Gasteiger partial charge on any atom is 0.240 e. The van der Waals surface area contributed by atoms with Crippen LogP contribution in [-0.4, -0.2) is 46.3 Å². The van der Waals surface area contributed by atoms with E-state index in [0.717, 1.165) is 32.1 Å². The van der Waals surface area contributed by atoms with Crippen LogP contribution < -0.4 is 9.46 Å². The highest BCUT2D eigenvalue weighted by molar-refractivity contribution is 8.00. The first-order valence-electron chi connectivity index (χ1n) is 7.05. The Morgan fingerprint density at radius 3 is 2.77 bits per heavy atom. The molecule has 0 unspecified atom stereocenters. The Hall–Kier alpha value is -0.830. The van der Waals surface area contributed by atoms with Gasteiger partial charge in [-0.2, -0.15) is 11.8 Å². The minimum absolute atomic E-state index is 0.0222. The van der Waals surface area contributed by atoms with Gasteiger partial charge in [-0.1, -0.05) is 0 Å². The maximum atomic E-state index is 13.6. The first-order valence-corrected chi connectivity index (χ1v) is 9.58. The fourth-order valence-electron chi connectivity index (χ4n) is 2.14. The molecule has 5 nitrogen and oxygen atoms in total. The van der Waals surface area contributed by atoms with Gasteiger partial charge in [0.15, 0.2) is 11.6 Å². The quantitative estimate of drug-likeness (QED) is 0.763. The normalized spacial score (nSPS) is 16.6. The maximum absolute atomic E-state index is 13.6. The molecule has 0 aliphatic carbocycles. The van der Waals surface area contributed by atoms with Crippen molar-refractivity contribution in [1.29, 1.82) is 0 Å². The van der Waals surface area contributed by atoms with Gasteiger partial charge in [-0.3, -0.25) is 0 Å². The standard InChI is InChI=1S/C14H20FNO4S2/c1-19-14-3-2-12(10-13(14)15)22(17,18)16-6-9-21-11-4-7-20-8-5-11/h2-3,10-11,16H,4-9H2,1H3. The van der Waals surface area contributed by atoms with Crippen LogP contribution in [-0.2, 0) is 14.8 Å². The van der Waals surface area contributed by atoms with E-state index >= 15 is 0 Å². The van der Waals surface area contributed by atoms with Crippen molar-refractivity contribution in [3.05, 3.63) is 24.0 Å². The highest BCUT2D eigenvalue weighted by atomic mass is 32.2. The predicted molar refractivity (Wildman–Crippen MR) is 84.4 cm³/mol. The van der Waals surface area contributed by atoms with Gasteiger partial charge in [-0.25, -0.2) is 17.5 Å². The molecule has 1 N–H and O–H groups in total. The van der Waals surface area contributed by atoms with Gasteiger partial charge in [0.1, 0.15) is 0 Å². The lowest BCUT2D eigenvalue weighted by molar-refractivity contribution is 0.100. The molecule has 1 aromatic rings. The van der Waals surface area contributed by atoms with Gasteiger partial charge in [0.25, 0.3) is 0 Å².